The molecule has 1 fully saturated rings. The van der Waals surface area contributed by atoms with Gasteiger partial charge in [-0.05, 0) is 41.1 Å². The van der Waals surface area contributed by atoms with Crippen LogP contribution in [0.25, 0.3) is 0 Å². The van der Waals surface area contributed by atoms with E-state index in [0.29, 0.717) is 5.92 Å². The first-order valence-electron chi connectivity index (χ1n) is 6.08. The minimum Gasteiger partial charge on any atom is -0.381 e. The van der Waals surface area contributed by atoms with Crippen LogP contribution in [0.4, 0.5) is 0 Å². The smallest absolute Gasteiger partial charge is 0.127 e. The molecule has 88 valence electrons. The van der Waals surface area contributed by atoms with Gasteiger partial charge in [0.15, 0.2) is 0 Å². The summed E-state index contributed by atoms with van der Waals surface area (Å²) in [5, 5.41) is 0. The minimum absolute atomic E-state index is 0.510. The highest BCUT2D eigenvalue weighted by Crippen LogP contribution is 2.33. The average Bonchev–Trinajstić information content (AvgIpc) is 2.86. The Morgan fingerprint density at radius 3 is 3.06 bits per heavy atom. The van der Waals surface area contributed by atoms with E-state index >= 15 is 0 Å². The Morgan fingerprint density at radius 1 is 1.44 bits per heavy atom. The molecule has 0 radical (unpaired) electrons. The first-order chi connectivity index (χ1) is 7.75. The van der Waals surface area contributed by atoms with Gasteiger partial charge in [0.25, 0.3) is 0 Å². The van der Waals surface area contributed by atoms with E-state index in [1.165, 1.54) is 17.9 Å². The molecule has 2 unspecified atom stereocenters. The maximum absolute atomic E-state index is 5.47. The van der Waals surface area contributed by atoms with Crippen molar-refractivity contribution in [3.8, 4) is 0 Å². The molecule has 16 heavy (non-hydrogen) atoms. The van der Waals surface area contributed by atoms with Crippen molar-refractivity contribution in [2.24, 2.45) is 5.92 Å². The number of fused-ring (bicyclic) bond motifs is 1. The molecule has 3 heterocycles. The first-order valence-corrected chi connectivity index (χ1v) is 6.87. The second-order valence-electron chi connectivity index (χ2n) is 5.02. The largest absolute Gasteiger partial charge is 0.381 e. The zero-order chi connectivity index (χ0) is 11.1. The van der Waals surface area contributed by atoms with E-state index in [-0.39, 0.29) is 0 Å². The number of halogens is 1. The number of aromatic nitrogens is 2. The maximum atomic E-state index is 5.47. The number of nitrogens with zero attached hydrogens (tertiary/aromatic N) is 2. The Morgan fingerprint density at radius 2 is 2.31 bits per heavy atom. The Bertz CT molecular complexity index is 396. The van der Waals surface area contributed by atoms with Crippen molar-refractivity contribution in [1.29, 1.82) is 0 Å². The van der Waals surface area contributed by atoms with Crippen LogP contribution in [0, 0.1) is 5.92 Å². The summed E-state index contributed by atoms with van der Waals surface area (Å²) in [7, 11) is 0. The summed E-state index contributed by atoms with van der Waals surface area (Å²) in [5.74, 6) is 2.52. The fraction of sp³-hybridized carbons (Fsp3) is 0.750. The average molecular weight is 285 g/mol. The molecule has 1 saturated heterocycles. The second kappa shape index (κ2) is 4.15. The third kappa shape index (κ3) is 1.72. The standard InChI is InChI=1S/C12H17BrN2O/c1-8-2-3-10-11(13)14-12(15(10)6-8)9-4-5-16-7-9/h8-9H,2-7H2,1H3. The minimum atomic E-state index is 0.510. The van der Waals surface area contributed by atoms with Gasteiger partial charge in [0.1, 0.15) is 10.4 Å². The zero-order valence-corrected chi connectivity index (χ0v) is 11.2. The molecule has 4 heteroatoms. The monoisotopic (exact) mass is 284 g/mol. The highest BCUT2D eigenvalue weighted by Gasteiger charge is 2.28. The summed E-state index contributed by atoms with van der Waals surface area (Å²) in [5.41, 5.74) is 1.39. The van der Waals surface area contributed by atoms with Crippen LogP contribution in [0.3, 0.4) is 0 Å². The summed E-state index contributed by atoms with van der Waals surface area (Å²) in [6.45, 7) is 5.18. The Kier molecular flexibility index (Phi) is 2.80. The zero-order valence-electron chi connectivity index (χ0n) is 9.58. The van der Waals surface area contributed by atoms with Crippen LogP contribution >= 0.6 is 15.9 Å². The SMILES string of the molecule is CC1CCc2c(Br)nc(C3CCOC3)n2C1. The van der Waals surface area contributed by atoms with Crippen molar-refractivity contribution in [2.75, 3.05) is 13.2 Å². The third-order valence-corrected chi connectivity index (χ3v) is 4.35. The fourth-order valence-electron chi connectivity index (χ4n) is 2.75. The van der Waals surface area contributed by atoms with Gasteiger partial charge in [-0.25, -0.2) is 4.98 Å². The molecule has 2 aliphatic heterocycles. The number of hydrogen-bond donors (Lipinski definition) is 0. The lowest BCUT2D eigenvalue weighted by atomic mass is 9.99. The summed E-state index contributed by atoms with van der Waals surface area (Å²) in [6.07, 6.45) is 3.56. The van der Waals surface area contributed by atoms with E-state index < -0.39 is 0 Å². The molecule has 1 aromatic rings. The number of rotatable bonds is 1. The van der Waals surface area contributed by atoms with Gasteiger partial charge in [-0.3, -0.25) is 0 Å². The van der Waals surface area contributed by atoms with Crippen LogP contribution in [0.1, 0.15) is 37.2 Å². The summed E-state index contributed by atoms with van der Waals surface area (Å²) < 4.78 is 8.95. The van der Waals surface area contributed by atoms with Crippen molar-refractivity contribution in [1.82, 2.24) is 9.55 Å². The van der Waals surface area contributed by atoms with Crippen molar-refractivity contribution < 1.29 is 4.74 Å². The lowest BCUT2D eigenvalue weighted by Gasteiger charge is -2.23. The highest BCUT2D eigenvalue weighted by atomic mass is 79.9. The summed E-state index contributed by atoms with van der Waals surface area (Å²) >= 11 is 3.60. The van der Waals surface area contributed by atoms with Crippen LogP contribution in [0.2, 0.25) is 0 Å². The molecule has 2 aliphatic rings. The van der Waals surface area contributed by atoms with E-state index in [4.69, 9.17) is 9.72 Å². The number of imidazole rings is 1. The second-order valence-corrected chi connectivity index (χ2v) is 5.77. The number of hydrogen-bond acceptors (Lipinski definition) is 2. The molecular formula is C12H17BrN2O. The molecular weight excluding hydrogens is 268 g/mol. The van der Waals surface area contributed by atoms with E-state index in [0.717, 1.165) is 43.1 Å². The van der Waals surface area contributed by atoms with Gasteiger partial charge in [-0.1, -0.05) is 6.92 Å². The molecule has 0 N–H and O–H groups in total. The van der Waals surface area contributed by atoms with Crippen LogP contribution in [0.15, 0.2) is 4.60 Å². The predicted octanol–water partition coefficient (Wildman–Crippen LogP) is 2.73. The maximum Gasteiger partial charge on any atom is 0.127 e. The van der Waals surface area contributed by atoms with Gasteiger partial charge >= 0.3 is 0 Å². The lowest BCUT2D eigenvalue weighted by Crippen LogP contribution is -2.21. The van der Waals surface area contributed by atoms with Gasteiger partial charge < -0.3 is 9.30 Å². The van der Waals surface area contributed by atoms with Crippen LogP contribution in [-0.4, -0.2) is 22.8 Å². The van der Waals surface area contributed by atoms with Gasteiger partial charge in [-0.2, -0.15) is 0 Å². The van der Waals surface area contributed by atoms with Gasteiger partial charge in [-0.15, -0.1) is 0 Å². The van der Waals surface area contributed by atoms with Crippen molar-refractivity contribution in [2.45, 2.75) is 38.6 Å². The van der Waals surface area contributed by atoms with E-state index in [9.17, 15) is 0 Å². The molecule has 0 aromatic carbocycles. The predicted molar refractivity (Wildman–Crippen MR) is 65.6 cm³/mol. The molecule has 0 amide bonds. The van der Waals surface area contributed by atoms with Gasteiger partial charge in [0.05, 0.1) is 12.3 Å². The van der Waals surface area contributed by atoms with Crippen LogP contribution in [-0.2, 0) is 17.7 Å². The molecule has 0 spiro atoms. The van der Waals surface area contributed by atoms with Crippen LogP contribution < -0.4 is 0 Å². The quantitative estimate of drug-likeness (QED) is 0.793. The van der Waals surface area contributed by atoms with Crippen molar-refractivity contribution >= 4 is 15.9 Å². The Labute approximate surface area is 104 Å². The molecule has 3 nitrogen and oxygen atoms in total. The molecule has 3 rings (SSSR count). The molecule has 0 bridgehead atoms. The highest BCUT2D eigenvalue weighted by molar-refractivity contribution is 9.10. The van der Waals surface area contributed by atoms with Gasteiger partial charge in [0.2, 0.25) is 0 Å². The fourth-order valence-corrected chi connectivity index (χ4v) is 3.35. The molecule has 0 saturated carbocycles. The van der Waals surface area contributed by atoms with Crippen LogP contribution in [0.5, 0.6) is 0 Å². The molecule has 2 atom stereocenters. The first kappa shape index (κ1) is 10.8. The van der Waals surface area contributed by atoms with E-state index in [1.807, 2.05) is 0 Å². The summed E-state index contributed by atoms with van der Waals surface area (Å²) in [4.78, 5) is 4.71. The van der Waals surface area contributed by atoms with Gasteiger partial charge in [0, 0.05) is 19.1 Å². The van der Waals surface area contributed by atoms with Crippen molar-refractivity contribution in [3.05, 3.63) is 16.1 Å². The third-order valence-electron chi connectivity index (χ3n) is 3.72. The summed E-state index contributed by atoms with van der Waals surface area (Å²) in [6, 6.07) is 0. The Hall–Kier alpha value is -0.350. The Balaban J connectivity index is 1.98. The normalized spacial score (nSPS) is 29.4. The molecule has 1 aromatic heterocycles. The topological polar surface area (TPSA) is 27.1 Å². The number of ether oxygens (including phenoxy) is 1. The molecule has 0 aliphatic carbocycles. The lowest BCUT2D eigenvalue weighted by molar-refractivity contribution is 0.192. The van der Waals surface area contributed by atoms with E-state index in [1.54, 1.807) is 0 Å². The van der Waals surface area contributed by atoms with Crippen molar-refractivity contribution in [3.63, 3.8) is 0 Å². The van der Waals surface area contributed by atoms with E-state index in [2.05, 4.69) is 27.4 Å².